The Hall–Kier alpha value is -5.84. The molecule has 1 aromatic heterocycles. The monoisotopic (exact) mass is 970 g/mol. The Morgan fingerprint density at radius 2 is 1.29 bits per heavy atom. The van der Waals surface area contributed by atoms with E-state index in [0.717, 1.165) is 29.2 Å². The molecule has 1 fully saturated rings. The molecule has 7 N–H and O–H groups in total. The molecule has 1 unspecified atom stereocenters. The molecule has 0 amide bonds. The van der Waals surface area contributed by atoms with Crippen molar-refractivity contribution in [3.63, 3.8) is 0 Å². The molecule has 0 aliphatic carbocycles. The van der Waals surface area contributed by atoms with E-state index in [0.29, 0.717) is 22.6 Å². The quantitative estimate of drug-likeness (QED) is 0.00921. The molecule has 6 rings (SSSR count). The first-order valence-electron chi connectivity index (χ1n) is 17.2. The fraction of sp³-hybridized carbons (Fsp3) is 0.156. The van der Waals surface area contributed by atoms with Crippen LogP contribution in [0.3, 0.4) is 0 Å². The van der Waals surface area contributed by atoms with E-state index in [2.05, 4.69) is 55.4 Å². The van der Waals surface area contributed by atoms with Gasteiger partial charge in [-0.05, 0) is 79.2 Å². The van der Waals surface area contributed by atoms with E-state index in [1.807, 2.05) is 0 Å². The molecular formula is C32H30N10O16S5. The summed E-state index contributed by atoms with van der Waals surface area (Å²) >= 11 is 0.695. The lowest BCUT2D eigenvalue weighted by Gasteiger charge is -2.15. The molecule has 0 bridgehead atoms. The molecule has 1 atom stereocenters. The third-order valence-electron chi connectivity index (χ3n) is 7.97. The number of azo groups is 2. The molecule has 0 radical (unpaired) electrons. The van der Waals surface area contributed by atoms with Gasteiger partial charge in [-0.2, -0.15) is 69.1 Å². The molecule has 334 valence electrons. The number of aromatic nitrogens is 3. The van der Waals surface area contributed by atoms with E-state index >= 15 is 0 Å². The lowest BCUT2D eigenvalue weighted by atomic mass is 10.2. The first-order chi connectivity index (χ1) is 29.6. The van der Waals surface area contributed by atoms with E-state index < -0.39 is 67.3 Å². The van der Waals surface area contributed by atoms with Gasteiger partial charge in [-0.1, -0.05) is 11.1 Å². The fourth-order valence-corrected chi connectivity index (χ4v) is 7.92. The maximum atomic E-state index is 12.6. The van der Waals surface area contributed by atoms with Crippen LogP contribution in [0.25, 0.3) is 0 Å². The highest BCUT2D eigenvalue weighted by Crippen LogP contribution is 2.36. The Kier molecular flexibility index (Phi) is 14.3. The van der Waals surface area contributed by atoms with Crippen LogP contribution < -0.4 is 20.3 Å². The zero-order valence-electron chi connectivity index (χ0n) is 31.3. The number of rotatable bonds is 20. The molecule has 31 heteroatoms. The largest absolute Gasteiger partial charge is 0.491 e. The van der Waals surface area contributed by atoms with Crippen molar-refractivity contribution in [2.75, 3.05) is 34.4 Å². The molecule has 26 nitrogen and oxygen atoms in total. The van der Waals surface area contributed by atoms with E-state index in [1.165, 1.54) is 36.4 Å². The van der Waals surface area contributed by atoms with Gasteiger partial charge in [-0.15, -0.1) is 4.33 Å². The van der Waals surface area contributed by atoms with Gasteiger partial charge in [0.25, 0.3) is 40.5 Å². The lowest BCUT2D eigenvalue weighted by Crippen LogP contribution is -2.15. The SMILES string of the molecule is O=S(=O)(O)CCCOc1cc(N=Nc2cccc(SOOO)c2)ccc1Nc1nc(Nc2ccc(N=Nc3ccc(S(=O)(=O)O)cc3)cc2S(=O)(=O)O)nc(N2CC2S(=O)(=O)O)n1. The van der Waals surface area contributed by atoms with E-state index in [4.69, 9.17) is 9.99 Å². The molecule has 63 heavy (non-hydrogen) atoms. The number of hydrogen-bond donors (Lipinski definition) is 7. The summed E-state index contributed by atoms with van der Waals surface area (Å²) < 4.78 is 143. The van der Waals surface area contributed by atoms with Gasteiger partial charge < -0.3 is 20.3 Å². The van der Waals surface area contributed by atoms with Gasteiger partial charge in [-0.3, -0.25) is 18.2 Å². The smallest absolute Gasteiger partial charge is 0.296 e. The predicted octanol–water partition coefficient (Wildman–Crippen LogP) is 5.80. The summed E-state index contributed by atoms with van der Waals surface area (Å²) in [6.07, 6.45) is -0.148. The number of nitrogens with one attached hydrogen (secondary N) is 2. The van der Waals surface area contributed by atoms with E-state index in [-0.39, 0.29) is 65.7 Å². The fourth-order valence-electron chi connectivity index (χ4n) is 5.11. The number of nitrogens with zero attached hydrogens (tertiary/aromatic N) is 8. The molecule has 0 saturated carbocycles. The van der Waals surface area contributed by atoms with Crippen molar-refractivity contribution in [3.05, 3.63) is 84.9 Å². The zero-order valence-corrected chi connectivity index (χ0v) is 35.4. The average Bonchev–Trinajstić information content (AvgIpc) is 4.03. The highest BCUT2D eigenvalue weighted by molar-refractivity contribution is 7.94. The first-order valence-corrected chi connectivity index (χ1v) is 23.9. The van der Waals surface area contributed by atoms with Gasteiger partial charge >= 0.3 is 0 Å². The highest BCUT2D eigenvalue weighted by atomic mass is 32.2. The van der Waals surface area contributed by atoms with Crippen LogP contribution in [0.5, 0.6) is 5.75 Å². The van der Waals surface area contributed by atoms with Gasteiger partial charge in [0.1, 0.15) is 10.6 Å². The third-order valence-corrected chi connectivity index (χ3v) is 12.2. The summed E-state index contributed by atoms with van der Waals surface area (Å²) in [6, 6.07) is 18.6. The van der Waals surface area contributed by atoms with Crippen LogP contribution in [-0.2, 0) is 49.8 Å². The summed E-state index contributed by atoms with van der Waals surface area (Å²) in [5.74, 6) is -1.67. The number of benzene rings is 4. The van der Waals surface area contributed by atoms with Crippen LogP contribution in [0.1, 0.15) is 6.42 Å². The second kappa shape index (κ2) is 19.3. The van der Waals surface area contributed by atoms with E-state index in [9.17, 15) is 51.9 Å². The van der Waals surface area contributed by atoms with Gasteiger partial charge in [-0.25, -0.2) is 5.26 Å². The van der Waals surface area contributed by atoms with Crippen LogP contribution in [0, 0.1) is 0 Å². The van der Waals surface area contributed by atoms with Crippen molar-refractivity contribution in [1.82, 2.24) is 15.0 Å². The molecule has 1 saturated heterocycles. The molecule has 1 aliphatic heterocycles. The molecule has 2 heterocycles. The van der Waals surface area contributed by atoms with Crippen LogP contribution in [0.2, 0.25) is 0 Å². The van der Waals surface area contributed by atoms with Gasteiger partial charge in [0.2, 0.25) is 17.8 Å². The minimum atomic E-state index is -5.02. The van der Waals surface area contributed by atoms with Crippen molar-refractivity contribution in [2.45, 2.75) is 26.5 Å². The zero-order chi connectivity index (χ0) is 45.6. The van der Waals surface area contributed by atoms with Crippen LogP contribution in [0.4, 0.5) is 52.0 Å². The summed E-state index contributed by atoms with van der Waals surface area (Å²) in [7, 11) is -18.4. The Bertz CT molecular complexity index is 3020. The Morgan fingerprint density at radius 1 is 0.698 bits per heavy atom. The second-order valence-electron chi connectivity index (χ2n) is 12.6. The van der Waals surface area contributed by atoms with Crippen LogP contribution in [-0.4, -0.2) is 96.4 Å². The Morgan fingerprint density at radius 3 is 1.87 bits per heavy atom. The standard InChI is InChI=1S/C32H30N10O16S5/c43-57-58-59-23-4-1-3-20(15-23)39-40-21-7-11-25(27(16-21)56-13-2-14-60(44,45)46)33-30-35-31(37-32(36-30)42-18-29(42)63(53,54)55)34-26-12-8-22(17-28(26)62(50,51)52)41-38-19-5-9-24(10-6-19)61(47,48)49/h1,3-12,15-17,29,43H,2,13-14,18H2,(H,44,45,46)(H,47,48,49)(H,50,51,52)(H,53,54,55)(H2,33,34,35,36,37). The molecule has 1 aliphatic rings. The number of hydrogen-bond acceptors (Lipinski definition) is 23. The Balaban J connectivity index is 1.32. The predicted molar refractivity (Wildman–Crippen MR) is 220 cm³/mol. The Labute approximate surface area is 361 Å². The lowest BCUT2D eigenvalue weighted by molar-refractivity contribution is -0.432. The van der Waals surface area contributed by atoms with Crippen molar-refractivity contribution in [3.8, 4) is 5.75 Å². The summed E-state index contributed by atoms with van der Waals surface area (Å²) in [5.41, 5.74) is 0.383. The first kappa shape index (κ1) is 46.7. The van der Waals surface area contributed by atoms with Crippen molar-refractivity contribution in [2.24, 2.45) is 20.5 Å². The maximum absolute atomic E-state index is 12.6. The maximum Gasteiger partial charge on any atom is 0.296 e. The van der Waals surface area contributed by atoms with Gasteiger partial charge in [0, 0.05) is 11.0 Å². The summed E-state index contributed by atoms with van der Waals surface area (Å²) in [4.78, 5) is 13.1. The minimum absolute atomic E-state index is 0.0198. The molecule has 4 aromatic carbocycles. The van der Waals surface area contributed by atoms with Crippen molar-refractivity contribution < 1.29 is 71.2 Å². The topological polar surface area (TPSA) is 381 Å². The van der Waals surface area contributed by atoms with Crippen molar-refractivity contribution >= 4 is 104 Å². The molecular weight excluding hydrogens is 941 g/mol. The normalized spacial score (nSPS) is 14.6. The third kappa shape index (κ3) is 13.6. The van der Waals surface area contributed by atoms with Crippen molar-refractivity contribution in [1.29, 1.82) is 0 Å². The average molecular weight is 971 g/mol. The number of ether oxygens (including phenoxy) is 1. The minimum Gasteiger partial charge on any atom is -0.491 e. The van der Waals surface area contributed by atoms with Crippen LogP contribution >= 0.6 is 12.0 Å². The molecule has 5 aromatic rings. The number of anilines is 5. The van der Waals surface area contributed by atoms with E-state index in [1.54, 1.807) is 24.3 Å². The molecule has 0 spiro atoms. The van der Waals surface area contributed by atoms with Crippen LogP contribution in [0.15, 0.2) is 120 Å². The van der Waals surface area contributed by atoms with Gasteiger partial charge in [0.15, 0.2) is 5.37 Å². The second-order valence-corrected chi connectivity index (χ2v) is 19.3. The summed E-state index contributed by atoms with van der Waals surface area (Å²) in [6.45, 7) is -0.490. The highest BCUT2D eigenvalue weighted by Gasteiger charge is 2.46. The van der Waals surface area contributed by atoms with Gasteiger partial charge in [0.05, 0.1) is 70.0 Å². The summed E-state index contributed by atoms with van der Waals surface area (Å²) in [5, 5.41) is 32.2.